The van der Waals surface area contributed by atoms with Crippen LogP contribution in [0.15, 0.2) is 69.5 Å². The first-order chi connectivity index (χ1) is 19.3. The van der Waals surface area contributed by atoms with Crippen molar-refractivity contribution in [3.63, 3.8) is 0 Å². The standard InChI is InChI=1S/C27H22Cl2N6O3S2/c1-38-16-5-2-4-15(11-16)32-22(37)13-39-27-34-33-26(40-27)35-20-6-3-7-21(36)24(20)23(17(12-30)25(35)31)14-8-9-18(28)19(29)10-14/h2,4-5,8-11,23H,3,6-7,13,31H2,1H3,(H,32,37). The molecule has 1 unspecified atom stereocenters. The minimum atomic E-state index is -0.666. The predicted molar refractivity (Wildman–Crippen MR) is 157 cm³/mol. The average Bonchev–Trinajstić information content (AvgIpc) is 3.41. The lowest BCUT2D eigenvalue weighted by Gasteiger charge is -2.38. The number of aromatic nitrogens is 2. The molecule has 3 aromatic rings. The number of anilines is 2. The minimum absolute atomic E-state index is 0.0594. The average molecular weight is 614 g/mol. The Hall–Kier alpha value is -3.56. The van der Waals surface area contributed by atoms with E-state index in [4.69, 9.17) is 33.7 Å². The Bertz CT molecular complexity index is 1610. The Morgan fingerprint density at radius 1 is 1.25 bits per heavy atom. The van der Waals surface area contributed by atoms with Gasteiger partial charge in [0, 0.05) is 29.4 Å². The molecule has 5 rings (SSSR count). The van der Waals surface area contributed by atoms with Crippen LogP contribution in [0.4, 0.5) is 10.8 Å². The fraction of sp³-hybridized carbons (Fsp3) is 0.222. The lowest BCUT2D eigenvalue weighted by molar-refractivity contribution is -0.116. The van der Waals surface area contributed by atoms with Gasteiger partial charge < -0.3 is 15.8 Å². The van der Waals surface area contributed by atoms with E-state index in [0.29, 0.717) is 67.0 Å². The zero-order valence-corrected chi connectivity index (χ0v) is 24.3. The highest BCUT2D eigenvalue weighted by Gasteiger charge is 2.41. The molecular weight excluding hydrogens is 591 g/mol. The van der Waals surface area contributed by atoms with Gasteiger partial charge in [-0.3, -0.25) is 14.5 Å². The van der Waals surface area contributed by atoms with Gasteiger partial charge in [-0.25, -0.2) is 0 Å². The zero-order chi connectivity index (χ0) is 28.4. The van der Waals surface area contributed by atoms with Gasteiger partial charge in [-0.05, 0) is 42.7 Å². The second-order valence-electron chi connectivity index (χ2n) is 8.91. The Morgan fingerprint density at radius 3 is 2.83 bits per heavy atom. The van der Waals surface area contributed by atoms with Crippen molar-refractivity contribution < 1.29 is 14.3 Å². The van der Waals surface area contributed by atoms with Crippen molar-refractivity contribution in [2.75, 3.05) is 23.1 Å². The summed E-state index contributed by atoms with van der Waals surface area (Å²) in [6.07, 6.45) is 1.58. The number of rotatable bonds is 7. The highest BCUT2D eigenvalue weighted by molar-refractivity contribution is 8.01. The lowest BCUT2D eigenvalue weighted by Crippen LogP contribution is -2.38. The Balaban J connectivity index is 1.41. The van der Waals surface area contributed by atoms with Crippen LogP contribution in [0.3, 0.4) is 0 Å². The highest BCUT2D eigenvalue weighted by Crippen LogP contribution is 2.47. The molecule has 3 N–H and O–H groups in total. The third-order valence-electron chi connectivity index (χ3n) is 6.46. The fourth-order valence-electron chi connectivity index (χ4n) is 4.71. The molecule has 0 saturated heterocycles. The van der Waals surface area contributed by atoms with Crippen molar-refractivity contribution >= 4 is 68.8 Å². The van der Waals surface area contributed by atoms with Crippen molar-refractivity contribution in [1.82, 2.24) is 10.2 Å². The van der Waals surface area contributed by atoms with Crippen LogP contribution in [0.2, 0.25) is 10.0 Å². The van der Waals surface area contributed by atoms with Gasteiger partial charge in [0.25, 0.3) is 0 Å². The molecule has 2 heterocycles. The van der Waals surface area contributed by atoms with E-state index in [0.717, 1.165) is 0 Å². The first-order valence-corrected chi connectivity index (χ1v) is 14.7. The normalized spacial score (nSPS) is 17.0. The number of nitrogens with two attached hydrogens (primary N) is 1. The number of methoxy groups -OCH3 is 1. The van der Waals surface area contributed by atoms with E-state index in [1.54, 1.807) is 54.5 Å². The van der Waals surface area contributed by atoms with Crippen molar-refractivity contribution in [2.24, 2.45) is 5.73 Å². The molecule has 1 aromatic heterocycles. The summed E-state index contributed by atoms with van der Waals surface area (Å²) in [6.45, 7) is 0. The Morgan fingerprint density at radius 2 is 2.08 bits per heavy atom. The van der Waals surface area contributed by atoms with Gasteiger partial charge in [0.15, 0.2) is 10.1 Å². The van der Waals surface area contributed by atoms with E-state index >= 15 is 0 Å². The molecule has 13 heteroatoms. The number of thioether (sulfide) groups is 1. The second kappa shape index (κ2) is 11.9. The molecule has 0 saturated carbocycles. The van der Waals surface area contributed by atoms with Crippen LogP contribution in [0.25, 0.3) is 0 Å². The number of carbonyl (C=O) groups excluding carboxylic acids is 2. The van der Waals surface area contributed by atoms with Crippen LogP contribution >= 0.6 is 46.3 Å². The molecular formula is C27H22Cl2N6O3S2. The number of ketones is 1. The number of nitrogens with zero attached hydrogens (tertiary/aromatic N) is 4. The fourth-order valence-corrected chi connectivity index (χ4v) is 6.69. The monoisotopic (exact) mass is 612 g/mol. The number of carbonyl (C=O) groups is 2. The molecule has 2 aromatic carbocycles. The summed E-state index contributed by atoms with van der Waals surface area (Å²) < 4.78 is 5.73. The summed E-state index contributed by atoms with van der Waals surface area (Å²) >= 11 is 14.9. The van der Waals surface area contributed by atoms with Gasteiger partial charge in [-0.1, -0.05) is 58.4 Å². The Kier molecular flexibility index (Phi) is 8.32. The van der Waals surface area contributed by atoms with Crippen LogP contribution in [-0.2, 0) is 9.59 Å². The summed E-state index contributed by atoms with van der Waals surface area (Å²) in [6, 6.07) is 14.3. The first-order valence-electron chi connectivity index (χ1n) is 12.1. The van der Waals surface area contributed by atoms with Crippen LogP contribution < -0.4 is 20.7 Å². The first kappa shape index (κ1) is 28.0. The van der Waals surface area contributed by atoms with E-state index < -0.39 is 5.92 Å². The van der Waals surface area contributed by atoms with Crippen LogP contribution in [0.1, 0.15) is 30.7 Å². The van der Waals surface area contributed by atoms with Gasteiger partial charge in [-0.15, -0.1) is 10.2 Å². The van der Waals surface area contributed by atoms with E-state index in [2.05, 4.69) is 21.6 Å². The quantitative estimate of drug-likeness (QED) is 0.313. The minimum Gasteiger partial charge on any atom is -0.497 e. The summed E-state index contributed by atoms with van der Waals surface area (Å²) in [7, 11) is 1.56. The zero-order valence-electron chi connectivity index (χ0n) is 21.1. The number of Topliss-reactive ketones (excluding diaryl/α,β-unsaturated/α-hetero) is 1. The van der Waals surface area contributed by atoms with Crippen LogP contribution in [-0.4, -0.2) is 34.8 Å². The van der Waals surface area contributed by atoms with Crippen LogP contribution in [0, 0.1) is 11.3 Å². The van der Waals surface area contributed by atoms with E-state index in [9.17, 15) is 14.9 Å². The smallest absolute Gasteiger partial charge is 0.234 e. The second-order valence-corrected chi connectivity index (χ2v) is 11.9. The number of nitriles is 1. The number of amides is 1. The highest BCUT2D eigenvalue weighted by atomic mass is 35.5. The summed E-state index contributed by atoms with van der Waals surface area (Å²) in [5.41, 5.74) is 9.27. The number of nitrogens with one attached hydrogen (secondary N) is 1. The largest absolute Gasteiger partial charge is 0.497 e. The molecule has 1 amide bonds. The van der Waals surface area contributed by atoms with Gasteiger partial charge in [0.1, 0.15) is 11.6 Å². The molecule has 1 atom stereocenters. The van der Waals surface area contributed by atoms with Crippen molar-refractivity contribution in [1.29, 1.82) is 5.26 Å². The molecule has 9 nitrogen and oxygen atoms in total. The number of halogens is 2. The summed E-state index contributed by atoms with van der Waals surface area (Å²) in [5, 5.41) is 22.6. The summed E-state index contributed by atoms with van der Waals surface area (Å²) in [5.74, 6) is -0.0231. The number of hydrogen-bond donors (Lipinski definition) is 2. The number of allylic oxidation sites excluding steroid dienone is 3. The topological polar surface area (TPSA) is 134 Å². The third-order valence-corrected chi connectivity index (χ3v) is 9.24. The predicted octanol–water partition coefficient (Wildman–Crippen LogP) is 5.89. The lowest BCUT2D eigenvalue weighted by atomic mass is 9.76. The van der Waals surface area contributed by atoms with Crippen molar-refractivity contribution in [2.45, 2.75) is 29.5 Å². The molecule has 1 aliphatic heterocycles. The maximum absolute atomic E-state index is 13.3. The Labute approximate surface area is 248 Å². The van der Waals surface area contributed by atoms with Crippen molar-refractivity contribution in [3.05, 3.63) is 80.7 Å². The van der Waals surface area contributed by atoms with Crippen molar-refractivity contribution in [3.8, 4) is 11.8 Å². The molecule has 2 aliphatic rings. The summed E-state index contributed by atoms with van der Waals surface area (Å²) in [4.78, 5) is 27.4. The van der Waals surface area contributed by atoms with Crippen LogP contribution in [0.5, 0.6) is 5.75 Å². The molecule has 1 aliphatic carbocycles. The maximum atomic E-state index is 13.3. The van der Waals surface area contributed by atoms with E-state index in [-0.39, 0.29) is 28.8 Å². The molecule has 0 radical (unpaired) electrons. The molecule has 40 heavy (non-hydrogen) atoms. The SMILES string of the molecule is COc1cccc(NC(=O)CSc2nnc(N3C(N)=C(C#N)C(c4ccc(Cl)c(Cl)c4)C4=C3CCCC4=O)s2)c1. The molecule has 0 fully saturated rings. The van der Waals surface area contributed by atoms with Gasteiger partial charge in [0.05, 0.1) is 40.5 Å². The molecule has 204 valence electrons. The van der Waals surface area contributed by atoms with Gasteiger partial charge in [-0.2, -0.15) is 5.26 Å². The molecule has 0 spiro atoms. The number of benzene rings is 2. The third kappa shape index (κ3) is 5.53. The van der Waals surface area contributed by atoms with E-state index in [1.165, 1.54) is 23.1 Å². The van der Waals surface area contributed by atoms with Gasteiger partial charge in [0.2, 0.25) is 11.0 Å². The van der Waals surface area contributed by atoms with E-state index in [1.807, 2.05) is 0 Å². The number of hydrogen-bond acceptors (Lipinski definition) is 10. The maximum Gasteiger partial charge on any atom is 0.234 e. The van der Waals surface area contributed by atoms with Gasteiger partial charge >= 0.3 is 0 Å². The number of ether oxygens (including phenoxy) is 1. The molecule has 0 bridgehead atoms.